The molecule has 0 radical (unpaired) electrons. The van der Waals surface area contributed by atoms with E-state index in [-0.39, 0.29) is 12.2 Å². The first kappa shape index (κ1) is 17.2. The quantitative estimate of drug-likeness (QED) is 0.711. The Morgan fingerprint density at radius 1 is 0.625 bits per heavy atom. The molecule has 2 heteroatoms. The fourth-order valence-corrected chi connectivity index (χ4v) is 3.08. The molecule has 128 valence electrons. The van der Waals surface area contributed by atoms with Gasteiger partial charge in [0.15, 0.2) is 0 Å². The van der Waals surface area contributed by atoms with Crippen LogP contribution in [-0.2, 0) is 9.47 Å². The largest absolute Gasteiger partial charge is 0.368 e. The lowest BCUT2D eigenvalue weighted by Crippen LogP contribution is -2.25. The Morgan fingerprint density at radius 2 is 0.958 bits per heavy atom. The number of benzene rings is 2. The van der Waals surface area contributed by atoms with Gasteiger partial charge < -0.3 is 9.47 Å². The summed E-state index contributed by atoms with van der Waals surface area (Å²) in [6.07, 6.45) is 0.0785. The molecular weight excluding hydrogens is 296 g/mol. The molecular formula is C22H28O2. The van der Waals surface area contributed by atoms with Gasteiger partial charge in [-0.25, -0.2) is 0 Å². The summed E-state index contributed by atoms with van der Waals surface area (Å²) in [6, 6.07) is 17.4. The van der Waals surface area contributed by atoms with Gasteiger partial charge in [0.1, 0.15) is 12.2 Å². The van der Waals surface area contributed by atoms with Gasteiger partial charge in [-0.15, -0.1) is 0 Å². The predicted molar refractivity (Wildman–Crippen MR) is 98.4 cm³/mol. The van der Waals surface area contributed by atoms with Crippen LogP contribution in [0.1, 0.15) is 74.0 Å². The van der Waals surface area contributed by atoms with E-state index in [9.17, 15) is 0 Å². The van der Waals surface area contributed by atoms with Gasteiger partial charge in [0.2, 0.25) is 0 Å². The van der Waals surface area contributed by atoms with Gasteiger partial charge in [-0.3, -0.25) is 0 Å². The predicted octanol–water partition coefficient (Wildman–Crippen LogP) is 5.76. The van der Waals surface area contributed by atoms with E-state index in [1.165, 1.54) is 22.3 Å². The Balaban J connectivity index is 1.61. The summed E-state index contributed by atoms with van der Waals surface area (Å²) < 4.78 is 12.2. The van der Waals surface area contributed by atoms with Crippen molar-refractivity contribution in [2.24, 2.45) is 0 Å². The molecule has 0 N–H and O–H groups in total. The first-order chi connectivity index (χ1) is 11.5. The molecule has 1 fully saturated rings. The van der Waals surface area contributed by atoms with Crippen molar-refractivity contribution < 1.29 is 9.47 Å². The lowest BCUT2D eigenvalue weighted by atomic mass is 9.99. The molecule has 1 heterocycles. The highest BCUT2D eigenvalue weighted by Crippen LogP contribution is 2.31. The molecule has 2 aromatic rings. The van der Waals surface area contributed by atoms with Crippen molar-refractivity contribution in [3.05, 3.63) is 70.8 Å². The first-order valence-electron chi connectivity index (χ1n) is 8.97. The van der Waals surface area contributed by atoms with Crippen LogP contribution in [0.3, 0.4) is 0 Å². The molecule has 24 heavy (non-hydrogen) atoms. The highest BCUT2D eigenvalue weighted by atomic mass is 16.6. The summed E-state index contributed by atoms with van der Waals surface area (Å²) in [5.74, 6) is 1.11. The summed E-state index contributed by atoms with van der Waals surface area (Å²) in [5.41, 5.74) is 5.12. The smallest absolute Gasteiger partial charge is 0.106 e. The molecule has 2 aromatic carbocycles. The Kier molecular flexibility index (Phi) is 5.37. The third kappa shape index (κ3) is 3.88. The zero-order valence-electron chi connectivity index (χ0n) is 15.2. The second-order valence-corrected chi connectivity index (χ2v) is 7.29. The molecule has 0 spiro atoms. The third-order valence-electron chi connectivity index (χ3n) is 4.85. The van der Waals surface area contributed by atoms with E-state index in [1.54, 1.807) is 0 Å². The molecule has 2 nitrogen and oxygen atoms in total. The van der Waals surface area contributed by atoms with Crippen molar-refractivity contribution in [2.75, 3.05) is 13.2 Å². The molecule has 3 rings (SSSR count). The Bertz CT molecular complexity index is 573. The minimum absolute atomic E-state index is 0.0393. The zero-order chi connectivity index (χ0) is 17.1. The van der Waals surface area contributed by atoms with Crippen LogP contribution in [0, 0.1) is 0 Å². The first-order valence-corrected chi connectivity index (χ1v) is 8.97. The summed E-state index contributed by atoms with van der Waals surface area (Å²) in [6.45, 7) is 10.1. The normalized spacial score (nSPS) is 21.4. The maximum absolute atomic E-state index is 6.08. The Labute approximate surface area is 145 Å². The summed E-state index contributed by atoms with van der Waals surface area (Å²) in [5, 5.41) is 0. The highest BCUT2D eigenvalue weighted by Gasteiger charge is 2.24. The summed E-state index contributed by atoms with van der Waals surface area (Å²) in [4.78, 5) is 0. The van der Waals surface area contributed by atoms with Crippen molar-refractivity contribution in [1.29, 1.82) is 0 Å². The van der Waals surface area contributed by atoms with Crippen LogP contribution in [0.5, 0.6) is 0 Å². The molecule has 2 unspecified atom stereocenters. The van der Waals surface area contributed by atoms with E-state index >= 15 is 0 Å². The van der Waals surface area contributed by atoms with Crippen molar-refractivity contribution in [3.8, 4) is 0 Å². The van der Waals surface area contributed by atoms with Crippen LogP contribution in [-0.4, -0.2) is 13.2 Å². The van der Waals surface area contributed by atoms with Gasteiger partial charge in [-0.2, -0.15) is 0 Å². The Morgan fingerprint density at radius 3 is 1.21 bits per heavy atom. The maximum Gasteiger partial charge on any atom is 0.106 e. The van der Waals surface area contributed by atoms with E-state index in [1.807, 2.05) is 0 Å². The van der Waals surface area contributed by atoms with Gasteiger partial charge in [0, 0.05) is 0 Å². The average molecular weight is 324 g/mol. The van der Waals surface area contributed by atoms with Crippen LogP contribution in [0.25, 0.3) is 0 Å². The molecule has 2 atom stereocenters. The van der Waals surface area contributed by atoms with Crippen molar-refractivity contribution in [3.63, 3.8) is 0 Å². The topological polar surface area (TPSA) is 18.5 Å². The van der Waals surface area contributed by atoms with Crippen LogP contribution in [0.2, 0.25) is 0 Å². The second-order valence-electron chi connectivity index (χ2n) is 7.29. The minimum Gasteiger partial charge on any atom is -0.368 e. The molecule has 1 aliphatic heterocycles. The number of hydrogen-bond acceptors (Lipinski definition) is 2. The van der Waals surface area contributed by atoms with Gasteiger partial charge in [0.25, 0.3) is 0 Å². The van der Waals surface area contributed by atoms with E-state index in [0.29, 0.717) is 25.0 Å². The van der Waals surface area contributed by atoms with E-state index in [2.05, 4.69) is 76.2 Å². The molecule has 0 amide bonds. The van der Waals surface area contributed by atoms with Crippen LogP contribution in [0.15, 0.2) is 48.5 Å². The van der Waals surface area contributed by atoms with E-state index < -0.39 is 0 Å². The Hall–Kier alpha value is -1.64. The average Bonchev–Trinajstić information content (AvgIpc) is 2.62. The lowest BCUT2D eigenvalue weighted by Gasteiger charge is -2.30. The standard InChI is InChI=1S/C22H28O2/c1-15(2)17-5-9-19(10-6-17)21-13-24-22(14-23-21)20-11-7-18(8-12-20)16(3)4/h5-12,15-16,21-22H,13-14H2,1-4H3. The van der Waals surface area contributed by atoms with Gasteiger partial charge in [0.05, 0.1) is 13.2 Å². The van der Waals surface area contributed by atoms with Crippen molar-refractivity contribution >= 4 is 0 Å². The molecule has 0 aromatic heterocycles. The van der Waals surface area contributed by atoms with Crippen LogP contribution >= 0.6 is 0 Å². The SMILES string of the molecule is CC(C)c1ccc(C2COC(c3ccc(C(C)C)cc3)CO2)cc1. The second kappa shape index (κ2) is 7.50. The minimum atomic E-state index is 0.0393. The maximum atomic E-state index is 6.08. The van der Waals surface area contributed by atoms with Gasteiger partial charge in [-0.05, 0) is 34.1 Å². The zero-order valence-corrected chi connectivity index (χ0v) is 15.2. The van der Waals surface area contributed by atoms with E-state index in [4.69, 9.17) is 9.47 Å². The van der Waals surface area contributed by atoms with Crippen molar-refractivity contribution in [1.82, 2.24) is 0 Å². The summed E-state index contributed by atoms with van der Waals surface area (Å²) >= 11 is 0. The van der Waals surface area contributed by atoms with Crippen LogP contribution in [0.4, 0.5) is 0 Å². The lowest BCUT2D eigenvalue weighted by molar-refractivity contribution is -0.137. The molecule has 0 aliphatic carbocycles. The summed E-state index contributed by atoms with van der Waals surface area (Å²) in [7, 11) is 0. The molecule has 0 bridgehead atoms. The molecule has 0 saturated carbocycles. The molecule has 1 aliphatic rings. The van der Waals surface area contributed by atoms with Gasteiger partial charge in [-0.1, -0.05) is 76.2 Å². The fourth-order valence-electron chi connectivity index (χ4n) is 3.08. The van der Waals surface area contributed by atoms with Crippen molar-refractivity contribution in [2.45, 2.75) is 51.7 Å². The monoisotopic (exact) mass is 324 g/mol. The number of rotatable bonds is 4. The number of ether oxygens (including phenoxy) is 2. The highest BCUT2D eigenvalue weighted by molar-refractivity contribution is 5.28. The molecule has 1 saturated heterocycles. The van der Waals surface area contributed by atoms with E-state index in [0.717, 1.165) is 0 Å². The fraction of sp³-hybridized carbons (Fsp3) is 0.455. The number of hydrogen-bond donors (Lipinski definition) is 0. The third-order valence-corrected chi connectivity index (χ3v) is 4.85. The van der Waals surface area contributed by atoms with Crippen LogP contribution < -0.4 is 0 Å². The van der Waals surface area contributed by atoms with Gasteiger partial charge >= 0.3 is 0 Å².